The van der Waals surface area contributed by atoms with Crippen molar-refractivity contribution in [2.45, 2.75) is 51.1 Å². The van der Waals surface area contributed by atoms with Crippen LogP contribution >= 0.6 is 34.2 Å². The Morgan fingerprint density at radius 2 is 1.94 bits per heavy atom. The van der Waals surface area contributed by atoms with Crippen LogP contribution in [-0.4, -0.2) is 4.11 Å². The van der Waals surface area contributed by atoms with Crippen molar-refractivity contribution in [2.75, 3.05) is 0 Å². The summed E-state index contributed by atoms with van der Waals surface area (Å²) in [6, 6.07) is 6.12. The van der Waals surface area contributed by atoms with Crippen LogP contribution in [0, 0.1) is 5.41 Å². The molecule has 0 saturated heterocycles. The van der Waals surface area contributed by atoms with Crippen LogP contribution < -0.4 is 4.74 Å². The molecular formula is C15H22ClIO. The predicted molar refractivity (Wildman–Crippen MR) is 88.0 cm³/mol. The average molecular weight is 381 g/mol. The van der Waals surface area contributed by atoms with Crippen molar-refractivity contribution >= 4 is 34.2 Å². The normalized spacial score (nSPS) is 15.3. The second-order valence-electron chi connectivity index (χ2n) is 5.71. The maximum Gasteiger partial charge on any atom is 0.149 e. The summed E-state index contributed by atoms with van der Waals surface area (Å²) in [4.78, 5) is 0. The van der Waals surface area contributed by atoms with Gasteiger partial charge in [0.25, 0.3) is 0 Å². The lowest BCUT2D eigenvalue weighted by atomic mass is 9.78. The van der Waals surface area contributed by atoms with E-state index in [-0.39, 0.29) is 9.53 Å². The smallest absolute Gasteiger partial charge is 0.149 e. The van der Waals surface area contributed by atoms with Gasteiger partial charge in [0, 0.05) is 0 Å². The van der Waals surface area contributed by atoms with Gasteiger partial charge >= 0.3 is 0 Å². The lowest BCUT2D eigenvalue weighted by Crippen LogP contribution is -2.15. The topological polar surface area (TPSA) is 9.23 Å². The standard InChI is InChI=1S/C15H22ClIO/c1-6-14(17)18-13-9-11(7-8-12(13)16)10(2)15(3,4)5/h7-10,14H,6H2,1-5H3/t10-,14?/m0/s1. The van der Waals surface area contributed by atoms with E-state index >= 15 is 0 Å². The molecule has 0 aliphatic carbocycles. The minimum absolute atomic E-state index is 0.167. The fourth-order valence-electron chi connectivity index (χ4n) is 1.60. The van der Waals surface area contributed by atoms with Gasteiger partial charge in [-0.2, -0.15) is 0 Å². The Morgan fingerprint density at radius 3 is 2.44 bits per heavy atom. The molecule has 0 bridgehead atoms. The highest BCUT2D eigenvalue weighted by molar-refractivity contribution is 14.1. The first-order valence-electron chi connectivity index (χ1n) is 6.36. The number of alkyl halides is 1. The summed E-state index contributed by atoms with van der Waals surface area (Å²) in [6.07, 6.45) is 0.968. The quantitative estimate of drug-likeness (QED) is 0.457. The molecule has 0 heterocycles. The second-order valence-corrected chi connectivity index (χ2v) is 7.51. The number of rotatable bonds is 4. The van der Waals surface area contributed by atoms with Crippen molar-refractivity contribution in [2.24, 2.45) is 5.41 Å². The predicted octanol–water partition coefficient (Wildman–Crippen LogP) is 6.04. The lowest BCUT2D eigenvalue weighted by molar-refractivity contribution is 0.297. The number of hydrogen-bond acceptors (Lipinski definition) is 1. The molecule has 1 rings (SSSR count). The molecular weight excluding hydrogens is 359 g/mol. The average Bonchev–Trinajstić information content (AvgIpc) is 2.29. The van der Waals surface area contributed by atoms with Crippen molar-refractivity contribution in [3.63, 3.8) is 0 Å². The number of hydrogen-bond donors (Lipinski definition) is 0. The van der Waals surface area contributed by atoms with Crippen LogP contribution in [0.5, 0.6) is 5.75 Å². The van der Waals surface area contributed by atoms with Gasteiger partial charge in [0.15, 0.2) is 0 Å². The first-order valence-corrected chi connectivity index (χ1v) is 7.98. The van der Waals surface area contributed by atoms with Crippen LogP contribution in [0.4, 0.5) is 0 Å². The number of halogens is 2. The molecule has 0 fully saturated rings. The zero-order valence-corrected chi connectivity index (χ0v) is 14.7. The van der Waals surface area contributed by atoms with E-state index in [2.05, 4.69) is 69.3 Å². The molecule has 0 saturated carbocycles. The number of ether oxygens (including phenoxy) is 1. The van der Waals surface area contributed by atoms with E-state index in [1.165, 1.54) is 5.56 Å². The maximum atomic E-state index is 6.19. The van der Waals surface area contributed by atoms with Gasteiger partial charge in [-0.3, -0.25) is 0 Å². The first-order chi connectivity index (χ1) is 8.25. The molecule has 0 N–H and O–H groups in total. The summed E-state index contributed by atoms with van der Waals surface area (Å²) in [7, 11) is 0. The maximum absolute atomic E-state index is 6.19. The van der Waals surface area contributed by atoms with Crippen molar-refractivity contribution in [3.05, 3.63) is 28.8 Å². The van der Waals surface area contributed by atoms with Crippen molar-refractivity contribution in [1.29, 1.82) is 0 Å². The van der Waals surface area contributed by atoms with Crippen LogP contribution in [0.3, 0.4) is 0 Å². The second kappa shape index (κ2) is 6.47. The molecule has 1 nitrogen and oxygen atoms in total. The molecule has 1 unspecified atom stereocenters. The van der Waals surface area contributed by atoms with E-state index in [9.17, 15) is 0 Å². The first kappa shape index (κ1) is 16.1. The van der Waals surface area contributed by atoms with Gasteiger partial charge in [0.1, 0.15) is 9.86 Å². The van der Waals surface area contributed by atoms with Crippen LogP contribution in [0.1, 0.15) is 52.5 Å². The zero-order valence-electron chi connectivity index (χ0n) is 11.8. The molecule has 3 heteroatoms. The monoisotopic (exact) mass is 380 g/mol. The molecule has 0 aromatic heterocycles. The molecule has 0 amide bonds. The van der Waals surface area contributed by atoms with E-state index in [1.54, 1.807) is 0 Å². The fraction of sp³-hybridized carbons (Fsp3) is 0.600. The summed E-state index contributed by atoms with van der Waals surface area (Å²) in [5.41, 5.74) is 1.51. The molecule has 2 atom stereocenters. The summed E-state index contributed by atoms with van der Waals surface area (Å²) in [5.74, 6) is 1.26. The van der Waals surface area contributed by atoms with E-state index in [1.807, 2.05) is 6.07 Å². The molecule has 1 aromatic carbocycles. The summed E-state index contributed by atoms with van der Waals surface area (Å²) in [6.45, 7) is 11.1. The van der Waals surface area contributed by atoms with E-state index < -0.39 is 0 Å². The Bertz CT molecular complexity index is 398. The van der Waals surface area contributed by atoms with Gasteiger partial charge in [-0.25, -0.2) is 0 Å². The molecule has 0 radical (unpaired) electrons. The van der Waals surface area contributed by atoms with Crippen LogP contribution in [0.2, 0.25) is 5.02 Å². The summed E-state index contributed by atoms with van der Waals surface area (Å²) in [5, 5.41) is 0.690. The Kier molecular flexibility index (Phi) is 5.78. The number of benzene rings is 1. The third-order valence-electron chi connectivity index (χ3n) is 3.33. The van der Waals surface area contributed by atoms with Gasteiger partial charge < -0.3 is 4.74 Å². The minimum Gasteiger partial charge on any atom is -0.479 e. The van der Waals surface area contributed by atoms with Crippen molar-refractivity contribution in [1.82, 2.24) is 0 Å². The van der Waals surface area contributed by atoms with Gasteiger partial charge in [-0.15, -0.1) is 0 Å². The molecule has 1 aromatic rings. The Morgan fingerprint density at radius 1 is 1.33 bits per heavy atom. The van der Waals surface area contributed by atoms with E-state index in [0.29, 0.717) is 10.9 Å². The van der Waals surface area contributed by atoms with Crippen molar-refractivity contribution < 1.29 is 4.74 Å². The third kappa shape index (κ3) is 4.30. The summed E-state index contributed by atoms with van der Waals surface area (Å²) >= 11 is 8.48. The van der Waals surface area contributed by atoms with E-state index in [0.717, 1.165) is 12.2 Å². The van der Waals surface area contributed by atoms with Gasteiger partial charge in [0.2, 0.25) is 0 Å². The summed E-state index contributed by atoms with van der Waals surface area (Å²) < 4.78 is 6.02. The Balaban J connectivity index is 3.00. The van der Waals surface area contributed by atoms with Crippen LogP contribution in [0.15, 0.2) is 18.2 Å². The van der Waals surface area contributed by atoms with Gasteiger partial charge in [-0.1, -0.05) is 52.3 Å². The Hall–Kier alpha value is 0.0400. The van der Waals surface area contributed by atoms with Gasteiger partial charge in [-0.05, 0) is 58.0 Å². The highest BCUT2D eigenvalue weighted by Gasteiger charge is 2.22. The highest BCUT2D eigenvalue weighted by atomic mass is 127. The van der Waals surface area contributed by atoms with Crippen LogP contribution in [0.25, 0.3) is 0 Å². The SMILES string of the molecule is CCC(I)Oc1cc([C@H](C)C(C)(C)C)ccc1Cl. The highest BCUT2D eigenvalue weighted by Crippen LogP contribution is 2.38. The Labute approximate surface area is 129 Å². The molecule has 102 valence electrons. The zero-order chi connectivity index (χ0) is 13.9. The molecule has 0 aliphatic heterocycles. The largest absolute Gasteiger partial charge is 0.479 e. The van der Waals surface area contributed by atoms with Gasteiger partial charge in [0.05, 0.1) is 5.02 Å². The molecule has 0 spiro atoms. The van der Waals surface area contributed by atoms with Crippen LogP contribution in [-0.2, 0) is 0 Å². The van der Waals surface area contributed by atoms with E-state index in [4.69, 9.17) is 16.3 Å². The third-order valence-corrected chi connectivity index (χ3v) is 4.78. The fourth-order valence-corrected chi connectivity index (χ4v) is 2.04. The molecule has 0 aliphatic rings. The lowest BCUT2D eigenvalue weighted by Gasteiger charge is -2.28. The van der Waals surface area contributed by atoms with Crippen molar-refractivity contribution in [3.8, 4) is 5.75 Å². The minimum atomic E-state index is 0.167. The molecule has 18 heavy (non-hydrogen) atoms.